The molecule has 0 bridgehead atoms. The molecule has 0 saturated heterocycles. The zero-order chi connectivity index (χ0) is 17.1. The number of thiazole rings is 2. The van der Waals surface area contributed by atoms with Crippen LogP contribution in [-0.2, 0) is 11.2 Å². The fraction of sp³-hybridized carbons (Fsp3) is 0.588. The highest BCUT2D eigenvalue weighted by molar-refractivity contribution is 7.16. The molecule has 3 nitrogen and oxygen atoms in total. The van der Waals surface area contributed by atoms with Crippen molar-refractivity contribution in [3.63, 3.8) is 0 Å². The van der Waals surface area contributed by atoms with Gasteiger partial charge < -0.3 is 0 Å². The molecule has 128 valence electrons. The average Bonchev–Trinajstić information content (AvgIpc) is 2.99. The van der Waals surface area contributed by atoms with Gasteiger partial charge in [0.1, 0.15) is 10.8 Å². The van der Waals surface area contributed by atoms with Crippen LogP contribution in [0.1, 0.15) is 41.4 Å². The van der Waals surface area contributed by atoms with E-state index in [0.29, 0.717) is 19.3 Å². The molecule has 0 radical (unpaired) electrons. The first-order chi connectivity index (χ1) is 11.3. The van der Waals surface area contributed by atoms with Crippen molar-refractivity contribution in [1.29, 1.82) is 0 Å². The second-order valence-electron chi connectivity index (χ2n) is 7.23. The van der Waals surface area contributed by atoms with Crippen LogP contribution in [0.3, 0.4) is 0 Å². The highest BCUT2D eigenvalue weighted by Crippen LogP contribution is 2.64. The van der Waals surface area contributed by atoms with Crippen molar-refractivity contribution in [1.82, 2.24) is 9.97 Å². The largest absolute Gasteiger partial charge is 0.299 e. The average molecular weight is 368 g/mol. The van der Waals surface area contributed by atoms with Gasteiger partial charge in [0.2, 0.25) is 5.92 Å². The van der Waals surface area contributed by atoms with Gasteiger partial charge in [-0.05, 0) is 32.1 Å². The highest BCUT2D eigenvalue weighted by Gasteiger charge is 2.62. The van der Waals surface area contributed by atoms with Crippen LogP contribution in [0.2, 0.25) is 0 Å². The van der Waals surface area contributed by atoms with Crippen molar-refractivity contribution < 1.29 is 13.6 Å². The van der Waals surface area contributed by atoms with E-state index < -0.39 is 5.92 Å². The van der Waals surface area contributed by atoms with E-state index in [2.05, 4.69) is 9.97 Å². The maximum Gasteiger partial charge on any atom is 0.249 e. The van der Waals surface area contributed by atoms with Gasteiger partial charge in [0.15, 0.2) is 0 Å². The Hall–Kier alpha value is -1.21. The van der Waals surface area contributed by atoms with E-state index in [0.717, 1.165) is 26.3 Å². The van der Waals surface area contributed by atoms with Crippen molar-refractivity contribution in [2.24, 2.45) is 11.3 Å². The molecule has 4 rings (SSSR count). The number of ketones is 1. The van der Waals surface area contributed by atoms with E-state index in [9.17, 15) is 13.6 Å². The van der Waals surface area contributed by atoms with Crippen LogP contribution in [0, 0.1) is 25.2 Å². The fourth-order valence-electron chi connectivity index (χ4n) is 4.11. The summed E-state index contributed by atoms with van der Waals surface area (Å²) in [6, 6.07) is 0. The Labute approximate surface area is 147 Å². The number of alkyl halides is 2. The molecule has 2 aliphatic rings. The molecule has 24 heavy (non-hydrogen) atoms. The van der Waals surface area contributed by atoms with E-state index >= 15 is 0 Å². The lowest BCUT2D eigenvalue weighted by Gasteiger charge is -2.56. The number of aryl methyl sites for hydroxylation is 2. The Morgan fingerprint density at radius 1 is 1.29 bits per heavy atom. The smallest absolute Gasteiger partial charge is 0.249 e. The maximum absolute atomic E-state index is 13.0. The normalized spacial score (nSPS) is 21.5. The number of carbonyl (C=O) groups excluding carboxylic acids is 1. The minimum atomic E-state index is -2.50. The molecule has 7 heteroatoms. The number of hydrogen-bond acceptors (Lipinski definition) is 5. The molecule has 0 aliphatic heterocycles. The predicted octanol–water partition coefficient (Wildman–Crippen LogP) is 4.82. The lowest BCUT2D eigenvalue weighted by atomic mass is 9.49. The minimum Gasteiger partial charge on any atom is -0.299 e. The molecule has 1 spiro atoms. The quantitative estimate of drug-likeness (QED) is 0.777. The summed E-state index contributed by atoms with van der Waals surface area (Å²) in [7, 11) is 0. The first kappa shape index (κ1) is 16.3. The Morgan fingerprint density at radius 2 is 2.00 bits per heavy atom. The SMILES string of the molecule is Cc1nc(C)c(-c2csc(CC(=O)C3CC4(C3)CC(F)(F)C4)n2)s1. The van der Waals surface area contributed by atoms with Crippen LogP contribution in [0.25, 0.3) is 10.6 Å². The Bertz CT molecular complexity index is 795. The maximum atomic E-state index is 13.0. The summed E-state index contributed by atoms with van der Waals surface area (Å²) in [6.07, 6.45) is 1.52. The van der Waals surface area contributed by atoms with Gasteiger partial charge in [0.25, 0.3) is 0 Å². The third-order valence-corrected chi connectivity index (χ3v) is 7.04. The molecule has 2 aliphatic carbocycles. The van der Waals surface area contributed by atoms with Crippen molar-refractivity contribution in [2.45, 2.75) is 51.9 Å². The number of rotatable bonds is 4. The van der Waals surface area contributed by atoms with E-state index in [4.69, 9.17) is 0 Å². The number of halogens is 2. The van der Waals surface area contributed by atoms with E-state index in [1.165, 1.54) is 11.3 Å². The molecule has 0 unspecified atom stereocenters. The molecular formula is C17H18F2N2OS2. The van der Waals surface area contributed by atoms with E-state index in [-0.39, 0.29) is 30.0 Å². The minimum absolute atomic E-state index is 0.0326. The zero-order valence-corrected chi connectivity index (χ0v) is 15.2. The lowest BCUT2D eigenvalue weighted by Crippen LogP contribution is -2.55. The first-order valence-electron chi connectivity index (χ1n) is 8.05. The number of hydrogen-bond donors (Lipinski definition) is 0. The van der Waals surface area contributed by atoms with Crippen LogP contribution in [-0.4, -0.2) is 21.7 Å². The van der Waals surface area contributed by atoms with Crippen LogP contribution in [0.5, 0.6) is 0 Å². The van der Waals surface area contributed by atoms with Gasteiger partial charge >= 0.3 is 0 Å². The van der Waals surface area contributed by atoms with Gasteiger partial charge in [-0.2, -0.15) is 0 Å². The van der Waals surface area contributed by atoms with Gasteiger partial charge in [-0.15, -0.1) is 22.7 Å². The first-order valence-corrected chi connectivity index (χ1v) is 9.74. The molecule has 2 saturated carbocycles. The lowest BCUT2D eigenvalue weighted by molar-refractivity contribution is -0.206. The van der Waals surface area contributed by atoms with Crippen molar-refractivity contribution in [3.05, 3.63) is 21.1 Å². The molecule has 2 aromatic rings. The van der Waals surface area contributed by atoms with Crippen LogP contribution in [0.4, 0.5) is 8.78 Å². The fourth-order valence-corrected chi connectivity index (χ4v) is 5.86. The highest BCUT2D eigenvalue weighted by atomic mass is 32.1. The second-order valence-corrected chi connectivity index (χ2v) is 9.38. The topological polar surface area (TPSA) is 42.9 Å². The standard InChI is InChI=1S/C17H18F2N2OS2/c1-9-15(24-10(2)20-9)12-6-23-14(21-12)3-13(22)11-4-16(5-11)7-17(18,19)8-16/h6,11H,3-5,7-8H2,1-2H3. The van der Waals surface area contributed by atoms with Gasteiger partial charge in [-0.1, -0.05) is 0 Å². The van der Waals surface area contributed by atoms with Crippen molar-refractivity contribution in [3.8, 4) is 10.6 Å². The summed E-state index contributed by atoms with van der Waals surface area (Å²) < 4.78 is 26.1. The van der Waals surface area contributed by atoms with Crippen molar-refractivity contribution in [2.75, 3.05) is 0 Å². The molecule has 0 aromatic carbocycles. The summed E-state index contributed by atoms with van der Waals surface area (Å²) in [4.78, 5) is 22.4. The molecule has 0 atom stereocenters. The number of carbonyl (C=O) groups is 1. The summed E-state index contributed by atoms with van der Waals surface area (Å²) in [5.74, 6) is -2.40. The van der Waals surface area contributed by atoms with Gasteiger partial charge in [0, 0.05) is 24.1 Å². The molecule has 0 amide bonds. The van der Waals surface area contributed by atoms with Crippen LogP contribution in [0.15, 0.2) is 5.38 Å². The van der Waals surface area contributed by atoms with E-state index in [1.54, 1.807) is 11.3 Å². The third-order valence-electron chi connectivity index (χ3n) is 5.09. The van der Waals surface area contributed by atoms with Gasteiger partial charge in [-0.25, -0.2) is 18.7 Å². The molecule has 0 N–H and O–H groups in total. The summed E-state index contributed by atoms with van der Waals surface area (Å²) in [5.41, 5.74) is 1.61. The number of aromatic nitrogens is 2. The molecular weight excluding hydrogens is 350 g/mol. The zero-order valence-electron chi connectivity index (χ0n) is 13.6. The van der Waals surface area contributed by atoms with Crippen molar-refractivity contribution >= 4 is 28.5 Å². The molecule has 2 aromatic heterocycles. The third kappa shape index (κ3) is 2.81. The molecule has 2 heterocycles. The predicted molar refractivity (Wildman–Crippen MR) is 90.7 cm³/mol. The van der Waals surface area contributed by atoms with Crippen LogP contribution < -0.4 is 0 Å². The summed E-state index contributed by atoms with van der Waals surface area (Å²) >= 11 is 3.10. The van der Waals surface area contributed by atoms with Gasteiger partial charge in [-0.3, -0.25) is 4.79 Å². The Kier molecular flexibility index (Phi) is 3.66. The summed E-state index contributed by atoms with van der Waals surface area (Å²) in [5, 5.41) is 3.78. The van der Waals surface area contributed by atoms with Crippen LogP contribution >= 0.6 is 22.7 Å². The summed E-state index contributed by atoms with van der Waals surface area (Å²) in [6.45, 7) is 3.93. The second kappa shape index (κ2) is 5.39. The van der Waals surface area contributed by atoms with Gasteiger partial charge in [0.05, 0.1) is 27.7 Å². The Morgan fingerprint density at radius 3 is 2.58 bits per heavy atom. The number of nitrogens with zero attached hydrogens (tertiary/aromatic N) is 2. The molecule has 2 fully saturated rings. The Balaban J connectivity index is 1.37. The van der Waals surface area contributed by atoms with E-state index in [1.807, 2.05) is 19.2 Å². The number of Topliss-reactive ketones (excluding diaryl/α,β-unsaturated/α-hetero) is 1. The monoisotopic (exact) mass is 368 g/mol.